The molecule has 4 heteroatoms. The molecule has 0 atom stereocenters. The number of hydrogen-bond acceptors (Lipinski definition) is 4. The zero-order valence-electron chi connectivity index (χ0n) is 13.9. The van der Waals surface area contributed by atoms with E-state index < -0.39 is 0 Å². The van der Waals surface area contributed by atoms with E-state index in [4.69, 9.17) is 9.47 Å². The topological polar surface area (TPSA) is 38.8 Å². The van der Waals surface area contributed by atoms with Gasteiger partial charge in [0.2, 0.25) is 0 Å². The lowest BCUT2D eigenvalue weighted by Gasteiger charge is -2.17. The maximum atomic E-state index is 11.6. The normalized spacial score (nSPS) is 10.6. The van der Waals surface area contributed by atoms with E-state index in [1.165, 1.54) is 12.7 Å². The molecule has 0 aromatic heterocycles. The monoisotopic (exact) mass is 313 g/mol. The molecule has 0 aliphatic rings. The first kappa shape index (κ1) is 17.0. The van der Waals surface area contributed by atoms with Crippen molar-refractivity contribution in [1.82, 2.24) is 4.90 Å². The molecule has 2 rings (SSSR count). The SMILES string of the molecule is COC(=O)c1cccc(CN(C)CCOc2cccc(C)c2)c1. The maximum absolute atomic E-state index is 11.6. The van der Waals surface area contributed by atoms with Crippen molar-refractivity contribution >= 4 is 5.97 Å². The van der Waals surface area contributed by atoms with Gasteiger partial charge < -0.3 is 9.47 Å². The zero-order valence-corrected chi connectivity index (χ0v) is 13.9. The van der Waals surface area contributed by atoms with Crippen molar-refractivity contribution in [3.63, 3.8) is 0 Å². The van der Waals surface area contributed by atoms with Crippen molar-refractivity contribution in [2.75, 3.05) is 27.3 Å². The van der Waals surface area contributed by atoms with Gasteiger partial charge in [0, 0.05) is 13.1 Å². The van der Waals surface area contributed by atoms with Gasteiger partial charge in [0.15, 0.2) is 0 Å². The Hall–Kier alpha value is -2.33. The number of rotatable bonds is 7. The summed E-state index contributed by atoms with van der Waals surface area (Å²) < 4.78 is 10.5. The summed E-state index contributed by atoms with van der Waals surface area (Å²) in [5.41, 5.74) is 2.84. The lowest BCUT2D eigenvalue weighted by Crippen LogP contribution is -2.24. The number of esters is 1. The number of carbonyl (C=O) groups is 1. The third kappa shape index (κ3) is 5.42. The number of hydrogen-bond donors (Lipinski definition) is 0. The first-order chi connectivity index (χ1) is 11.1. The van der Waals surface area contributed by atoms with E-state index in [1.54, 1.807) is 6.07 Å². The van der Waals surface area contributed by atoms with Crippen LogP contribution in [0.3, 0.4) is 0 Å². The highest BCUT2D eigenvalue weighted by atomic mass is 16.5. The van der Waals surface area contributed by atoms with Crippen LogP contribution in [0.25, 0.3) is 0 Å². The van der Waals surface area contributed by atoms with Gasteiger partial charge in [-0.15, -0.1) is 0 Å². The van der Waals surface area contributed by atoms with E-state index in [0.29, 0.717) is 12.2 Å². The van der Waals surface area contributed by atoms with Crippen molar-refractivity contribution in [2.24, 2.45) is 0 Å². The summed E-state index contributed by atoms with van der Waals surface area (Å²) in [5.74, 6) is 0.586. The highest BCUT2D eigenvalue weighted by Crippen LogP contribution is 2.12. The lowest BCUT2D eigenvalue weighted by atomic mass is 10.1. The fourth-order valence-corrected chi connectivity index (χ4v) is 2.33. The Bertz CT molecular complexity index is 655. The predicted molar refractivity (Wildman–Crippen MR) is 90.8 cm³/mol. The van der Waals surface area contributed by atoms with Crippen LogP contribution in [0.4, 0.5) is 0 Å². The van der Waals surface area contributed by atoms with Crippen LogP contribution in [0.1, 0.15) is 21.5 Å². The van der Waals surface area contributed by atoms with Gasteiger partial charge in [-0.3, -0.25) is 4.90 Å². The minimum atomic E-state index is -0.308. The number of likely N-dealkylation sites (N-methyl/N-ethyl adjacent to an activating group) is 1. The van der Waals surface area contributed by atoms with Gasteiger partial charge in [-0.25, -0.2) is 4.79 Å². The minimum Gasteiger partial charge on any atom is -0.492 e. The molecule has 4 nitrogen and oxygen atoms in total. The Balaban J connectivity index is 1.82. The summed E-state index contributed by atoms with van der Waals surface area (Å²) in [4.78, 5) is 13.7. The van der Waals surface area contributed by atoms with E-state index >= 15 is 0 Å². The number of ether oxygens (including phenoxy) is 2. The molecule has 0 bridgehead atoms. The molecular weight excluding hydrogens is 290 g/mol. The summed E-state index contributed by atoms with van der Waals surface area (Å²) in [6.07, 6.45) is 0. The molecule has 0 aliphatic heterocycles. The van der Waals surface area contributed by atoms with E-state index in [-0.39, 0.29) is 5.97 Å². The van der Waals surface area contributed by atoms with Crippen molar-refractivity contribution in [3.8, 4) is 5.75 Å². The standard InChI is InChI=1S/C19H23NO3/c1-15-6-4-9-18(12-15)23-11-10-20(2)14-16-7-5-8-17(13-16)19(21)22-3/h4-9,12-13H,10-11,14H2,1-3H3. The van der Waals surface area contributed by atoms with Crippen LogP contribution in [-0.2, 0) is 11.3 Å². The predicted octanol–water partition coefficient (Wildman–Crippen LogP) is 3.29. The van der Waals surface area contributed by atoms with E-state index in [0.717, 1.165) is 24.4 Å². The quantitative estimate of drug-likeness (QED) is 0.735. The van der Waals surface area contributed by atoms with Crippen LogP contribution in [-0.4, -0.2) is 38.2 Å². The van der Waals surface area contributed by atoms with Crippen LogP contribution >= 0.6 is 0 Å². The van der Waals surface area contributed by atoms with Gasteiger partial charge in [0.25, 0.3) is 0 Å². The second-order valence-corrected chi connectivity index (χ2v) is 5.59. The minimum absolute atomic E-state index is 0.308. The van der Waals surface area contributed by atoms with Crippen molar-refractivity contribution < 1.29 is 14.3 Å². The van der Waals surface area contributed by atoms with Gasteiger partial charge in [-0.1, -0.05) is 24.3 Å². The third-order valence-corrected chi connectivity index (χ3v) is 3.53. The fourth-order valence-electron chi connectivity index (χ4n) is 2.33. The van der Waals surface area contributed by atoms with Crippen molar-refractivity contribution in [1.29, 1.82) is 0 Å². The number of nitrogens with zero attached hydrogens (tertiary/aromatic N) is 1. The fraction of sp³-hybridized carbons (Fsp3) is 0.316. The lowest BCUT2D eigenvalue weighted by molar-refractivity contribution is 0.0600. The molecule has 2 aromatic carbocycles. The van der Waals surface area contributed by atoms with E-state index in [2.05, 4.69) is 4.90 Å². The number of methoxy groups -OCH3 is 1. The van der Waals surface area contributed by atoms with Crippen molar-refractivity contribution in [2.45, 2.75) is 13.5 Å². The smallest absolute Gasteiger partial charge is 0.337 e. The van der Waals surface area contributed by atoms with Crippen molar-refractivity contribution in [3.05, 3.63) is 65.2 Å². The summed E-state index contributed by atoms with van der Waals surface area (Å²) in [6, 6.07) is 15.5. The molecule has 0 spiro atoms. The summed E-state index contributed by atoms with van der Waals surface area (Å²) in [7, 11) is 3.42. The molecule has 0 heterocycles. The average Bonchev–Trinajstić information content (AvgIpc) is 2.54. The molecule has 122 valence electrons. The largest absolute Gasteiger partial charge is 0.492 e. The molecular formula is C19H23NO3. The summed E-state index contributed by atoms with van der Waals surface area (Å²) in [6.45, 7) is 4.22. The van der Waals surface area contributed by atoms with Gasteiger partial charge in [0.1, 0.15) is 12.4 Å². The van der Waals surface area contributed by atoms with Crippen LogP contribution in [0.2, 0.25) is 0 Å². The Kier molecular flexibility index (Phi) is 6.18. The highest BCUT2D eigenvalue weighted by Gasteiger charge is 2.07. The van der Waals surface area contributed by atoms with E-state index in [9.17, 15) is 4.79 Å². The zero-order chi connectivity index (χ0) is 16.7. The Morgan fingerprint density at radius 3 is 2.65 bits per heavy atom. The van der Waals surface area contributed by atoms with Crippen LogP contribution < -0.4 is 4.74 Å². The van der Waals surface area contributed by atoms with Crippen LogP contribution in [0, 0.1) is 6.92 Å². The number of carbonyl (C=O) groups excluding carboxylic acids is 1. The molecule has 23 heavy (non-hydrogen) atoms. The Morgan fingerprint density at radius 2 is 1.91 bits per heavy atom. The van der Waals surface area contributed by atoms with Crippen LogP contribution in [0.5, 0.6) is 5.75 Å². The second-order valence-electron chi connectivity index (χ2n) is 5.59. The molecule has 0 N–H and O–H groups in total. The molecule has 0 saturated heterocycles. The number of benzene rings is 2. The van der Waals surface area contributed by atoms with Gasteiger partial charge >= 0.3 is 5.97 Å². The number of aryl methyl sites for hydroxylation is 1. The molecule has 0 aliphatic carbocycles. The Labute approximate surface area is 137 Å². The second kappa shape index (κ2) is 8.34. The van der Waals surface area contributed by atoms with Gasteiger partial charge in [-0.05, 0) is 49.4 Å². The highest BCUT2D eigenvalue weighted by molar-refractivity contribution is 5.89. The molecule has 0 fully saturated rings. The van der Waals surface area contributed by atoms with Crippen LogP contribution in [0.15, 0.2) is 48.5 Å². The van der Waals surface area contributed by atoms with Gasteiger partial charge in [-0.2, -0.15) is 0 Å². The molecule has 2 aromatic rings. The van der Waals surface area contributed by atoms with E-state index in [1.807, 2.05) is 56.4 Å². The Morgan fingerprint density at radius 1 is 1.13 bits per heavy atom. The first-order valence-corrected chi connectivity index (χ1v) is 7.64. The molecule has 0 radical (unpaired) electrons. The summed E-state index contributed by atoms with van der Waals surface area (Å²) >= 11 is 0. The molecule has 0 saturated carbocycles. The molecule has 0 amide bonds. The maximum Gasteiger partial charge on any atom is 0.337 e. The summed E-state index contributed by atoms with van der Waals surface area (Å²) in [5, 5.41) is 0. The third-order valence-electron chi connectivity index (χ3n) is 3.53. The van der Waals surface area contributed by atoms with Gasteiger partial charge in [0.05, 0.1) is 12.7 Å². The molecule has 0 unspecified atom stereocenters. The average molecular weight is 313 g/mol. The first-order valence-electron chi connectivity index (χ1n) is 7.64.